The minimum absolute atomic E-state index is 0.0625. The van der Waals surface area contributed by atoms with Gasteiger partial charge >= 0.3 is 0 Å². The number of nitro benzene ring substituents is 1. The van der Waals surface area contributed by atoms with Crippen molar-refractivity contribution in [2.75, 3.05) is 5.32 Å². The molecule has 0 aliphatic rings. The van der Waals surface area contributed by atoms with Crippen LogP contribution in [0.1, 0.15) is 5.56 Å². The molecule has 0 unspecified atom stereocenters. The summed E-state index contributed by atoms with van der Waals surface area (Å²) in [6, 6.07) is 8.26. The first-order valence-corrected chi connectivity index (χ1v) is 6.39. The van der Waals surface area contributed by atoms with Crippen molar-refractivity contribution in [2.24, 2.45) is 0 Å². The maximum absolute atomic E-state index is 13.4. The highest BCUT2D eigenvalue weighted by Crippen LogP contribution is 2.28. The Bertz CT molecular complexity index is 665. The Morgan fingerprint density at radius 1 is 1.25 bits per heavy atom. The average molecular weight is 343 g/mol. The number of benzene rings is 2. The van der Waals surface area contributed by atoms with E-state index in [-0.39, 0.29) is 17.8 Å². The number of halogens is 3. The second-order valence-electron chi connectivity index (χ2n) is 3.99. The van der Waals surface area contributed by atoms with Crippen molar-refractivity contribution in [3.05, 3.63) is 68.2 Å². The Balaban J connectivity index is 2.13. The van der Waals surface area contributed by atoms with Crippen LogP contribution in [-0.4, -0.2) is 4.92 Å². The van der Waals surface area contributed by atoms with Gasteiger partial charge in [-0.05, 0) is 34.1 Å². The van der Waals surface area contributed by atoms with E-state index >= 15 is 0 Å². The van der Waals surface area contributed by atoms with Crippen molar-refractivity contribution in [3.63, 3.8) is 0 Å². The zero-order valence-electron chi connectivity index (χ0n) is 10.1. The summed E-state index contributed by atoms with van der Waals surface area (Å²) in [6.45, 7) is 0.0772. The lowest BCUT2D eigenvalue weighted by Gasteiger charge is -2.08. The third-order valence-electron chi connectivity index (χ3n) is 2.66. The van der Waals surface area contributed by atoms with E-state index in [1.807, 2.05) is 0 Å². The number of hydrogen-bond acceptors (Lipinski definition) is 3. The molecule has 0 bridgehead atoms. The number of rotatable bonds is 4. The summed E-state index contributed by atoms with van der Waals surface area (Å²) in [4.78, 5) is 10.1. The molecule has 0 atom stereocenters. The third-order valence-corrected chi connectivity index (χ3v) is 3.29. The Hall–Kier alpha value is -2.02. The molecular weight excluding hydrogens is 334 g/mol. The Morgan fingerprint density at radius 3 is 2.65 bits per heavy atom. The van der Waals surface area contributed by atoms with Crippen molar-refractivity contribution in [3.8, 4) is 0 Å². The molecule has 2 aromatic rings. The standard InChI is InChI=1S/C13H9BrF2N2O2/c14-10-6-9(4-5-12(10)18(19)20)17-7-8-2-1-3-11(15)13(8)16/h1-6,17H,7H2. The second-order valence-corrected chi connectivity index (χ2v) is 4.84. The molecule has 2 aromatic carbocycles. The lowest BCUT2D eigenvalue weighted by Crippen LogP contribution is -2.03. The van der Waals surface area contributed by atoms with Crippen LogP contribution in [-0.2, 0) is 6.54 Å². The van der Waals surface area contributed by atoms with Crippen LogP contribution in [0.2, 0.25) is 0 Å². The van der Waals surface area contributed by atoms with Crippen molar-refractivity contribution in [1.29, 1.82) is 0 Å². The van der Waals surface area contributed by atoms with Crippen LogP contribution >= 0.6 is 15.9 Å². The van der Waals surface area contributed by atoms with Gasteiger partial charge in [-0.15, -0.1) is 0 Å². The van der Waals surface area contributed by atoms with E-state index in [9.17, 15) is 18.9 Å². The van der Waals surface area contributed by atoms with E-state index in [1.54, 1.807) is 0 Å². The Kier molecular flexibility index (Phi) is 4.29. The molecule has 0 saturated carbocycles. The van der Waals surface area contributed by atoms with Gasteiger partial charge < -0.3 is 5.32 Å². The molecule has 1 N–H and O–H groups in total. The predicted molar refractivity (Wildman–Crippen MR) is 74.5 cm³/mol. The molecule has 4 nitrogen and oxygen atoms in total. The van der Waals surface area contributed by atoms with Gasteiger partial charge in [-0.1, -0.05) is 12.1 Å². The molecule has 2 rings (SSSR count). The molecule has 0 radical (unpaired) electrons. The van der Waals surface area contributed by atoms with Crippen molar-refractivity contribution < 1.29 is 13.7 Å². The highest BCUT2D eigenvalue weighted by Gasteiger charge is 2.12. The maximum Gasteiger partial charge on any atom is 0.283 e. The highest BCUT2D eigenvalue weighted by molar-refractivity contribution is 9.10. The van der Waals surface area contributed by atoms with Crippen LogP contribution in [0, 0.1) is 21.7 Å². The molecule has 20 heavy (non-hydrogen) atoms. The normalized spacial score (nSPS) is 10.3. The molecule has 0 aliphatic carbocycles. The first-order chi connectivity index (χ1) is 9.49. The molecule has 0 aromatic heterocycles. The van der Waals surface area contributed by atoms with Crippen LogP contribution in [0.3, 0.4) is 0 Å². The van der Waals surface area contributed by atoms with E-state index < -0.39 is 16.6 Å². The van der Waals surface area contributed by atoms with Gasteiger partial charge in [0.15, 0.2) is 11.6 Å². The Morgan fingerprint density at radius 2 is 2.00 bits per heavy atom. The fourth-order valence-corrected chi connectivity index (χ4v) is 2.17. The highest BCUT2D eigenvalue weighted by atomic mass is 79.9. The number of nitrogens with one attached hydrogen (secondary N) is 1. The van der Waals surface area contributed by atoms with E-state index in [4.69, 9.17) is 0 Å². The molecular formula is C13H9BrF2N2O2. The lowest BCUT2D eigenvalue weighted by molar-refractivity contribution is -0.385. The van der Waals surface area contributed by atoms with E-state index in [1.165, 1.54) is 30.3 Å². The quantitative estimate of drug-likeness (QED) is 0.667. The van der Waals surface area contributed by atoms with Crippen LogP contribution in [0.25, 0.3) is 0 Å². The molecule has 0 heterocycles. The first kappa shape index (κ1) is 14.4. The largest absolute Gasteiger partial charge is 0.381 e. The molecule has 0 fully saturated rings. The fourth-order valence-electron chi connectivity index (χ4n) is 1.65. The summed E-state index contributed by atoms with van der Waals surface area (Å²) in [5.74, 6) is -1.81. The predicted octanol–water partition coefficient (Wildman–Crippen LogP) is 4.25. The summed E-state index contributed by atoms with van der Waals surface area (Å²) in [7, 11) is 0. The van der Waals surface area contributed by atoms with Gasteiger partial charge in [-0.25, -0.2) is 8.78 Å². The lowest BCUT2D eigenvalue weighted by atomic mass is 10.2. The zero-order chi connectivity index (χ0) is 14.7. The van der Waals surface area contributed by atoms with Crippen molar-refractivity contribution >= 4 is 27.3 Å². The number of anilines is 1. The zero-order valence-corrected chi connectivity index (χ0v) is 11.7. The summed E-state index contributed by atoms with van der Waals surface area (Å²) in [6.07, 6.45) is 0. The van der Waals surface area contributed by atoms with Gasteiger partial charge in [0.1, 0.15) is 0 Å². The van der Waals surface area contributed by atoms with Crippen LogP contribution in [0.4, 0.5) is 20.2 Å². The molecule has 0 saturated heterocycles. The monoisotopic (exact) mass is 342 g/mol. The minimum Gasteiger partial charge on any atom is -0.381 e. The summed E-state index contributed by atoms with van der Waals surface area (Å²) < 4.78 is 26.8. The SMILES string of the molecule is O=[N+]([O-])c1ccc(NCc2cccc(F)c2F)cc1Br. The molecule has 0 amide bonds. The number of nitro groups is 1. The molecule has 104 valence electrons. The Labute approximate surface area is 121 Å². The number of hydrogen-bond donors (Lipinski definition) is 1. The van der Waals surface area contributed by atoms with E-state index in [0.717, 1.165) is 6.07 Å². The minimum atomic E-state index is -0.908. The molecule has 7 heteroatoms. The third kappa shape index (κ3) is 3.11. The topological polar surface area (TPSA) is 55.2 Å². The van der Waals surface area contributed by atoms with Gasteiger partial charge in [0.05, 0.1) is 9.40 Å². The fraction of sp³-hybridized carbons (Fsp3) is 0.0769. The van der Waals surface area contributed by atoms with Crippen LogP contribution in [0.15, 0.2) is 40.9 Å². The van der Waals surface area contributed by atoms with Gasteiger partial charge in [-0.2, -0.15) is 0 Å². The maximum atomic E-state index is 13.4. The van der Waals surface area contributed by atoms with Crippen LogP contribution < -0.4 is 5.32 Å². The van der Waals surface area contributed by atoms with Gasteiger partial charge in [0.25, 0.3) is 5.69 Å². The summed E-state index contributed by atoms with van der Waals surface area (Å²) in [5, 5.41) is 13.5. The van der Waals surface area contributed by atoms with E-state index in [2.05, 4.69) is 21.2 Å². The molecule has 0 spiro atoms. The van der Waals surface area contributed by atoms with Crippen molar-refractivity contribution in [2.45, 2.75) is 6.54 Å². The van der Waals surface area contributed by atoms with E-state index in [0.29, 0.717) is 10.2 Å². The van der Waals surface area contributed by atoms with Crippen LogP contribution in [0.5, 0.6) is 0 Å². The van der Waals surface area contributed by atoms with Gasteiger partial charge in [0.2, 0.25) is 0 Å². The average Bonchev–Trinajstić information content (AvgIpc) is 2.40. The second kappa shape index (κ2) is 5.96. The smallest absolute Gasteiger partial charge is 0.283 e. The van der Waals surface area contributed by atoms with Crippen molar-refractivity contribution in [1.82, 2.24) is 0 Å². The van der Waals surface area contributed by atoms with Gasteiger partial charge in [0, 0.05) is 23.9 Å². The number of nitrogens with zero attached hydrogens (tertiary/aromatic N) is 1. The first-order valence-electron chi connectivity index (χ1n) is 5.59. The molecule has 0 aliphatic heterocycles. The summed E-state index contributed by atoms with van der Waals surface area (Å²) in [5.41, 5.74) is 0.679. The summed E-state index contributed by atoms with van der Waals surface area (Å²) >= 11 is 3.08. The van der Waals surface area contributed by atoms with Gasteiger partial charge in [-0.3, -0.25) is 10.1 Å².